The van der Waals surface area contributed by atoms with Crippen LogP contribution in [0, 0.1) is 13.8 Å². The Morgan fingerprint density at radius 3 is 1.33 bits per heavy atom. The molecule has 0 bridgehead atoms. The van der Waals surface area contributed by atoms with Gasteiger partial charge >= 0.3 is 0 Å². The number of aryl methyl sites for hydroxylation is 4. The van der Waals surface area contributed by atoms with Gasteiger partial charge in [0.25, 0.3) is 0 Å². The number of benzene rings is 6. The minimum absolute atomic E-state index is 0.0506. The summed E-state index contributed by atoms with van der Waals surface area (Å²) in [5.74, 6) is 0. The maximum absolute atomic E-state index is 6.22. The topological polar surface area (TPSA) is 25.8 Å². The van der Waals surface area contributed by atoms with Crippen molar-refractivity contribution in [1.29, 1.82) is 0 Å². The molecule has 482 valence electrons. The summed E-state index contributed by atoms with van der Waals surface area (Å²) in [6.07, 6.45) is 45.2. The highest BCUT2D eigenvalue weighted by Crippen LogP contribution is 2.57. The molecule has 2 aliphatic rings. The van der Waals surface area contributed by atoms with Crippen LogP contribution in [0.1, 0.15) is 297 Å². The van der Waals surface area contributed by atoms with Crippen LogP contribution in [0.4, 0.5) is 0 Å². The summed E-state index contributed by atoms with van der Waals surface area (Å²) in [5.41, 5.74) is 23.7. The summed E-state index contributed by atoms with van der Waals surface area (Å²) >= 11 is 4.05. The van der Waals surface area contributed by atoms with Crippen molar-refractivity contribution in [3.63, 3.8) is 0 Å². The van der Waals surface area contributed by atoms with Crippen molar-refractivity contribution < 1.29 is 0 Å². The minimum Gasteiger partial charge on any atom is -0.244 e. The molecule has 2 aliphatic carbocycles. The van der Waals surface area contributed by atoms with Crippen molar-refractivity contribution in [3.05, 3.63) is 153 Å². The molecule has 4 heteroatoms. The van der Waals surface area contributed by atoms with Gasteiger partial charge in [-0.3, -0.25) is 0 Å². The summed E-state index contributed by atoms with van der Waals surface area (Å²) in [6, 6.07) is 43.9. The molecule has 0 spiro atoms. The first kappa shape index (κ1) is 67.0. The van der Waals surface area contributed by atoms with Crippen molar-refractivity contribution in [1.82, 2.24) is 9.97 Å². The average molecular weight is 1250 g/mol. The lowest BCUT2D eigenvalue weighted by Crippen LogP contribution is -2.25. The van der Waals surface area contributed by atoms with Crippen LogP contribution in [0.2, 0.25) is 0 Å². The second-order valence-corrected chi connectivity index (χ2v) is 30.9. The third-order valence-electron chi connectivity index (χ3n) is 21.8. The van der Waals surface area contributed by atoms with Gasteiger partial charge < -0.3 is 0 Å². The molecule has 0 radical (unpaired) electrons. The number of unbranched alkanes of at least 4 members (excludes halogenated alkanes) is 25. The SMILES string of the molecule is CCCCCCCCc1c(CCCCCCCC)c2cc(-c3ccc(C)c4nc(-c5ccc6c(c5)C(C)(CCCCCCCC)c5ccccc5-6)c(-c5ccc6c(c5)C(CCCCCCCC)(CCCCCCCC)c5ccccc5-6)nc34)sc2c2sc(C)cc12. The molecule has 0 amide bonds. The highest BCUT2D eigenvalue weighted by Gasteiger charge is 2.43. The lowest BCUT2D eigenvalue weighted by atomic mass is 9.70. The lowest BCUT2D eigenvalue weighted by molar-refractivity contribution is 0.398. The Kier molecular flexibility index (Phi) is 23.7. The molecule has 3 aromatic heterocycles. The van der Waals surface area contributed by atoms with Crippen molar-refractivity contribution in [2.24, 2.45) is 0 Å². The third kappa shape index (κ3) is 14.6. The zero-order chi connectivity index (χ0) is 63.2. The molecule has 6 aromatic carbocycles. The number of fused-ring (bicyclic) bond motifs is 10. The van der Waals surface area contributed by atoms with E-state index in [4.69, 9.17) is 9.97 Å². The van der Waals surface area contributed by atoms with Gasteiger partial charge in [-0.15, -0.1) is 22.7 Å². The average Bonchev–Trinajstić information content (AvgIpc) is 1.62. The Bertz CT molecular complexity index is 3830. The molecule has 1 atom stereocenters. The molecular weight excluding hydrogens is 1140 g/mol. The van der Waals surface area contributed by atoms with E-state index in [1.807, 2.05) is 22.7 Å². The maximum Gasteiger partial charge on any atom is 0.0984 e. The fraction of sp³-hybridized carbons (Fsp3) is 0.517. The van der Waals surface area contributed by atoms with Gasteiger partial charge in [-0.25, -0.2) is 9.97 Å². The molecule has 91 heavy (non-hydrogen) atoms. The number of nitrogens with zero attached hydrogens (tertiary/aromatic N) is 2. The standard InChI is InChI=1S/C87H112N2S2/c1-9-14-19-24-29-34-43-66-67(44-35-30-25-20-15-10-2)74-61-79(91-85(74)84-73(66)58-63(7)90-84)72-52-49-62(6)80-83(72)89-82(81(88-80)64-50-53-70-68-45-36-38-47-75(68)86(8,77(70)59-64)55-40-31-26-21-16-11-3)65-51-54-71-69-46-37-39-48-76(69)87(78(71)60-65,56-41-32-27-22-17-12-4)57-42-33-28-23-18-13-5/h36-39,45-54,58-61H,9-35,40-44,55-57H2,1-8H3. The highest BCUT2D eigenvalue weighted by atomic mass is 32.1. The summed E-state index contributed by atoms with van der Waals surface area (Å²) in [5, 5.41) is 3.03. The summed E-state index contributed by atoms with van der Waals surface area (Å²) in [6.45, 7) is 18.9. The highest BCUT2D eigenvalue weighted by molar-refractivity contribution is 7.29. The summed E-state index contributed by atoms with van der Waals surface area (Å²) < 4.78 is 2.97. The van der Waals surface area contributed by atoms with Gasteiger partial charge in [-0.1, -0.05) is 306 Å². The molecule has 9 aromatic rings. The van der Waals surface area contributed by atoms with E-state index in [1.54, 1.807) is 16.7 Å². The van der Waals surface area contributed by atoms with Gasteiger partial charge in [0.05, 0.1) is 31.8 Å². The Balaban J connectivity index is 1.09. The molecule has 3 heterocycles. The van der Waals surface area contributed by atoms with E-state index in [-0.39, 0.29) is 10.8 Å². The van der Waals surface area contributed by atoms with Crippen LogP contribution < -0.4 is 0 Å². The number of hydrogen-bond acceptors (Lipinski definition) is 4. The van der Waals surface area contributed by atoms with Crippen LogP contribution in [-0.4, -0.2) is 9.97 Å². The van der Waals surface area contributed by atoms with Gasteiger partial charge in [0, 0.05) is 37.3 Å². The van der Waals surface area contributed by atoms with Gasteiger partial charge in [-0.2, -0.15) is 0 Å². The molecule has 11 rings (SSSR count). The fourth-order valence-electron chi connectivity index (χ4n) is 16.7. The Labute approximate surface area is 559 Å². The predicted molar refractivity (Wildman–Crippen MR) is 402 cm³/mol. The normalized spacial score (nSPS) is 14.7. The molecule has 0 fully saturated rings. The van der Waals surface area contributed by atoms with E-state index in [2.05, 4.69) is 165 Å². The molecule has 0 saturated heterocycles. The number of hydrogen-bond donors (Lipinski definition) is 0. The predicted octanol–water partition coefficient (Wildman–Crippen LogP) is 28.3. The first-order valence-corrected chi connectivity index (χ1v) is 39.1. The molecule has 0 N–H and O–H groups in total. The number of rotatable bonds is 38. The molecule has 0 aliphatic heterocycles. The molecule has 2 nitrogen and oxygen atoms in total. The van der Waals surface area contributed by atoms with Crippen molar-refractivity contribution >= 4 is 53.9 Å². The largest absolute Gasteiger partial charge is 0.244 e. The van der Waals surface area contributed by atoms with E-state index >= 15 is 0 Å². The van der Waals surface area contributed by atoms with E-state index in [0.717, 1.165) is 35.3 Å². The van der Waals surface area contributed by atoms with Gasteiger partial charge in [-0.05, 0) is 155 Å². The lowest BCUT2D eigenvalue weighted by Gasteiger charge is -2.33. The molecule has 0 saturated carbocycles. The van der Waals surface area contributed by atoms with Crippen LogP contribution in [-0.2, 0) is 23.7 Å². The van der Waals surface area contributed by atoms with Gasteiger partial charge in [0.2, 0.25) is 0 Å². The second kappa shape index (κ2) is 32.1. The molecular formula is C87H112N2S2. The minimum atomic E-state index is -0.0949. The molecule has 1 unspecified atom stereocenters. The zero-order valence-electron chi connectivity index (χ0n) is 57.9. The Hall–Kier alpha value is -5.42. The van der Waals surface area contributed by atoms with Crippen LogP contribution in [0.15, 0.2) is 109 Å². The van der Waals surface area contributed by atoms with E-state index in [1.165, 1.54) is 303 Å². The number of aromatic nitrogens is 2. The van der Waals surface area contributed by atoms with Crippen molar-refractivity contribution in [2.45, 2.75) is 291 Å². The van der Waals surface area contributed by atoms with Crippen LogP contribution >= 0.6 is 22.7 Å². The number of thiophene rings is 2. The van der Waals surface area contributed by atoms with Crippen molar-refractivity contribution in [2.75, 3.05) is 0 Å². The van der Waals surface area contributed by atoms with Crippen LogP contribution in [0.5, 0.6) is 0 Å². The van der Waals surface area contributed by atoms with E-state index in [0.29, 0.717) is 0 Å². The third-order valence-corrected chi connectivity index (χ3v) is 24.2. The summed E-state index contributed by atoms with van der Waals surface area (Å²) in [4.78, 5) is 15.1. The fourth-order valence-corrected chi connectivity index (χ4v) is 19.1. The maximum atomic E-state index is 6.22. The van der Waals surface area contributed by atoms with Crippen LogP contribution in [0.25, 0.3) is 86.4 Å². The Morgan fingerprint density at radius 1 is 0.352 bits per heavy atom. The van der Waals surface area contributed by atoms with E-state index in [9.17, 15) is 0 Å². The van der Waals surface area contributed by atoms with Gasteiger partial charge in [0.15, 0.2) is 0 Å². The second-order valence-electron chi connectivity index (χ2n) is 28.6. The monoisotopic (exact) mass is 1250 g/mol. The zero-order valence-corrected chi connectivity index (χ0v) is 59.5. The van der Waals surface area contributed by atoms with E-state index < -0.39 is 0 Å². The first-order chi connectivity index (χ1) is 44.7. The quantitative estimate of drug-likeness (QED) is 0.0361. The smallest absolute Gasteiger partial charge is 0.0984 e. The summed E-state index contributed by atoms with van der Waals surface area (Å²) in [7, 11) is 0. The van der Waals surface area contributed by atoms with Gasteiger partial charge in [0.1, 0.15) is 0 Å². The van der Waals surface area contributed by atoms with Crippen molar-refractivity contribution in [3.8, 4) is 55.2 Å². The first-order valence-electron chi connectivity index (χ1n) is 37.5. The van der Waals surface area contributed by atoms with Crippen LogP contribution in [0.3, 0.4) is 0 Å². The Morgan fingerprint density at radius 2 is 0.769 bits per heavy atom.